The van der Waals surface area contributed by atoms with Gasteiger partial charge in [0.1, 0.15) is 5.92 Å². The molecule has 86 valence electrons. The Labute approximate surface area is 92.2 Å². The normalized spacial score (nSPS) is 26.2. The van der Waals surface area contributed by atoms with Crippen molar-refractivity contribution in [3.63, 3.8) is 0 Å². The van der Waals surface area contributed by atoms with E-state index in [1.54, 1.807) is 24.3 Å². The van der Waals surface area contributed by atoms with Crippen LogP contribution in [0.15, 0.2) is 24.3 Å². The van der Waals surface area contributed by atoms with Crippen LogP contribution in [0.5, 0.6) is 0 Å². The molecule has 4 heteroatoms. The van der Waals surface area contributed by atoms with Gasteiger partial charge >= 0.3 is 5.97 Å². The number of hydrogen-bond donors (Lipinski definition) is 0. The zero-order valence-corrected chi connectivity index (χ0v) is 9.04. The van der Waals surface area contributed by atoms with Crippen molar-refractivity contribution in [1.29, 1.82) is 0 Å². The van der Waals surface area contributed by atoms with Crippen molar-refractivity contribution in [3.8, 4) is 0 Å². The van der Waals surface area contributed by atoms with Crippen LogP contribution in [0.4, 0.5) is 8.78 Å². The summed E-state index contributed by atoms with van der Waals surface area (Å²) in [6.07, 6.45) is 0. The van der Waals surface area contributed by atoms with E-state index in [4.69, 9.17) is 0 Å². The Morgan fingerprint density at radius 2 is 1.88 bits per heavy atom. The first kappa shape index (κ1) is 11.0. The minimum atomic E-state index is -2.97. The van der Waals surface area contributed by atoms with Gasteiger partial charge in [0.25, 0.3) is 5.92 Å². The second-order valence-electron chi connectivity index (χ2n) is 4.06. The van der Waals surface area contributed by atoms with Crippen LogP contribution in [0.1, 0.15) is 17.0 Å². The second-order valence-corrected chi connectivity index (χ2v) is 4.06. The lowest BCUT2D eigenvalue weighted by atomic mass is 10.1. The van der Waals surface area contributed by atoms with E-state index in [1.807, 2.05) is 6.92 Å². The number of methoxy groups -OCH3 is 1. The number of benzene rings is 1. The number of alkyl halides is 2. The molecule has 0 N–H and O–H groups in total. The molecule has 0 heterocycles. The molecular weight excluding hydrogens is 214 g/mol. The first-order chi connectivity index (χ1) is 7.48. The number of hydrogen-bond acceptors (Lipinski definition) is 2. The fourth-order valence-electron chi connectivity index (χ4n) is 1.94. The Bertz CT molecular complexity index is 412. The number of carbonyl (C=O) groups is 1. The summed E-state index contributed by atoms with van der Waals surface area (Å²) < 4.78 is 31.1. The highest BCUT2D eigenvalue weighted by molar-refractivity contribution is 5.80. The molecule has 1 fully saturated rings. The van der Waals surface area contributed by atoms with Gasteiger partial charge in [0.15, 0.2) is 0 Å². The molecule has 1 aromatic rings. The SMILES string of the molecule is COC(=O)[C@@H]1[C@H](c2ccc(C)cc2)C1(F)F. The maximum absolute atomic E-state index is 13.4. The van der Waals surface area contributed by atoms with Crippen LogP contribution in [-0.4, -0.2) is 19.0 Å². The molecule has 0 saturated heterocycles. The van der Waals surface area contributed by atoms with Crippen molar-refractivity contribution in [1.82, 2.24) is 0 Å². The molecule has 0 bridgehead atoms. The molecule has 0 aliphatic heterocycles. The van der Waals surface area contributed by atoms with Crippen molar-refractivity contribution in [2.75, 3.05) is 7.11 Å². The van der Waals surface area contributed by atoms with E-state index >= 15 is 0 Å². The molecular formula is C12H12F2O2. The third-order valence-corrected chi connectivity index (χ3v) is 2.95. The third kappa shape index (κ3) is 1.58. The van der Waals surface area contributed by atoms with Gasteiger partial charge < -0.3 is 4.74 Å². The summed E-state index contributed by atoms with van der Waals surface area (Å²) >= 11 is 0. The summed E-state index contributed by atoms with van der Waals surface area (Å²) in [6.45, 7) is 1.88. The number of halogens is 2. The zero-order chi connectivity index (χ0) is 11.9. The average molecular weight is 226 g/mol. The van der Waals surface area contributed by atoms with Gasteiger partial charge in [0, 0.05) is 0 Å². The van der Waals surface area contributed by atoms with Crippen molar-refractivity contribution in [2.24, 2.45) is 5.92 Å². The average Bonchev–Trinajstić information content (AvgIpc) is 2.82. The Morgan fingerprint density at radius 3 is 2.38 bits per heavy atom. The highest BCUT2D eigenvalue weighted by Gasteiger charge is 2.73. The molecule has 2 rings (SSSR count). The van der Waals surface area contributed by atoms with Crippen LogP contribution in [0, 0.1) is 12.8 Å². The standard InChI is InChI=1S/C12H12F2O2/c1-7-3-5-8(6-4-7)9-10(11(15)16-2)12(9,13)14/h3-6,9-10H,1-2H3/t9-,10-/m0/s1. The lowest BCUT2D eigenvalue weighted by Gasteiger charge is -1.99. The van der Waals surface area contributed by atoms with Crippen molar-refractivity contribution < 1.29 is 18.3 Å². The predicted molar refractivity (Wildman–Crippen MR) is 54.4 cm³/mol. The molecule has 0 amide bonds. The first-order valence-electron chi connectivity index (χ1n) is 5.00. The minimum absolute atomic E-state index is 0.492. The highest BCUT2D eigenvalue weighted by atomic mass is 19.3. The van der Waals surface area contributed by atoms with E-state index in [1.165, 1.54) is 0 Å². The molecule has 1 aliphatic carbocycles. The number of carbonyl (C=O) groups excluding carboxylic acids is 1. The summed E-state index contributed by atoms with van der Waals surface area (Å²) in [7, 11) is 1.13. The molecule has 1 aliphatic rings. The number of ether oxygens (including phenoxy) is 1. The zero-order valence-electron chi connectivity index (χ0n) is 9.04. The largest absolute Gasteiger partial charge is 0.469 e. The summed E-state index contributed by atoms with van der Waals surface area (Å²) in [5.74, 6) is -6.15. The van der Waals surface area contributed by atoms with E-state index in [2.05, 4.69) is 4.74 Å². The topological polar surface area (TPSA) is 26.3 Å². The van der Waals surface area contributed by atoms with E-state index in [0.29, 0.717) is 5.56 Å². The van der Waals surface area contributed by atoms with Crippen LogP contribution >= 0.6 is 0 Å². The molecule has 0 radical (unpaired) electrons. The number of aryl methyl sites for hydroxylation is 1. The van der Waals surface area contributed by atoms with Crippen molar-refractivity contribution in [3.05, 3.63) is 35.4 Å². The van der Waals surface area contributed by atoms with Crippen LogP contribution in [-0.2, 0) is 9.53 Å². The van der Waals surface area contributed by atoms with E-state index in [9.17, 15) is 13.6 Å². The molecule has 2 atom stereocenters. The van der Waals surface area contributed by atoms with Crippen molar-refractivity contribution in [2.45, 2.75) is 18.8 Å². The maximum Gasteiger partial charge on any atom is 0.315 e. The van der Waals surface area contributed by atoms with Gasteiger partial charge in [-0.25, -0.2) is 8.78 Å². The Hall–Kier alpha value is -1.45. The molecule has 2 nitrogen and oxygen atoms in total. The Morgan fingerprint density at radius 1 is 1.31 bits per heavy atom. The maximum atomic E-state index is 13.4. The molecule has 16 heavy (non-hydrogen) atoms. The van der Waals surface area contributed by atoms with Gasteiger partial charge in [-0.15, -0.1) is 0 Å². The summed E-state index contributed by atoms with van der Waals surface area (Å²) in [5.41, 5.74) is 1.49. The third-order valence-electron chi connectivity index (χ3n) is 2.95. The quantitative estimate of drug-likeness (QED) is 0.724. The second kappa shape index (κ2) is 3.54. The van der Waals surface area contributed by atoms with E-state index in [-0.39, 0.29) is 0 Å². The van der Waals surface area contributed by atoms with Crippen LogP contribution in [0.25, 0.3) is 0 Å². The van der Waals surface area contributed by atoms with Gasteiger partial charge in [0.05, 0.1) is 13.0 Å². The fourth-order valence-corrected chi connectivity index (χ4v) is 1.94. The lowest BCUT2D eigenvalue weighted by molar-refractivity contribution is -0.144. The summed E-state index contributed by atoms with van der Waals surface area (Å²) in [5, 5.41) is 0. The Balaban J connectivity index is 2.24. The minimum Gasteiger partial charge on any atom is -0.469 e. The first-order valence-corrected chi connectivity index (χ1v) is 5.00. The van der Waals surface area contributed by atoms with Gasteiger partial charge in [-0.1, -0.05) is 29.8 Å². The fraction of sp³-hybridized carbons (Fsp3) is 0.417. The van der Waals surface area contributed by atoms with Gasteiger partial charge in [0.2, 0.25) is 0 Å². The number of rotatable bonds is 2. The van der Waals surface area contributed by atoms with E-state index < -0.39 is 23.7 Å². The molecule has 1 aromatic carbocycles. The van der Waals surface area contributed by atoms with Crippen molar-refractivity contribution >= 4 is 5.97 Å². The molecule has 0 spiro atoms. The van der Waals surface area contributed by atoms with Gasteiger partial charge in [-0.2, -0.15) is 0 Å². The smallest absolute Gasteiger partial charge is 0.315 e. The van der Waals surface area contributed by atoms with Gasteiger partial charge in [-0.3, -0.25) is 4.79 Å². The number of esters is 1. The van der Waals surface area contributed by atoms with Crippen LogP contribution in [0.3, 0.4) is 0 Å². The Kier molecular flexibility index (Phi) is 2.45. The molecule has 0 unspecified atom stereocenters. The van der Waals surface area contributed by atoms with Crippen LogP contribution in [0.2, 0.25) is 0 Å². The monoisotopic (exact) mass is 226 g/mol. The predicted octanol–water partition coefficient (Wildman–Crippen LogP) is 2.52. The van der Waals surface area contributed by atoms with Crippen LogP contribution < -0.4 is 0 Å². The molecule has 0 aromatic heterocycles. The summed E-state index contributed by atoms with van der Waals surface area (Å²) in [6, 6.07) is 6.80. The van der Waals surface area contributed by atoms with Gasteiger partial charge in [-0.05, 0) is 12.5 Å². The summed E-state index contributed by atoms with van der Waals surface area (Å²) in [4.78, 5) is 11.1. The lowest BCUT2D eigenvalue weighted by Crippen LogP contribution is -2.08. The molecule has 1 saturated carbocycles. The van der Waals surface area contributed by atoms with E-state index in [0.717, 1.165) is 12.7 Å². The highest BCUT2D eigenvalue weighted by Crippen LogP contribution is 2.61.